The predicted molar refractivity (Wildman–Crippen MR) is 131 cm³/mol. The molecular weight excluding hydrogens is 438 g/mol. The first-order valence-corrected chi connectivity index (χ1v) is 13.0. The number of carboxylic acid groups (broad SMARTS) is 1. The van der Waals surface area contributed by atoms with Gasteiger partial charge in [-0.25, -0.2) is 8.42 Å². The molecular formula is C25H31N3O4S. The molecule has 1 aliphatic heterocycles. The fourth-order valence-corrected chi connectivity index (χ4v) is 5.85. The highest BCUT2D eigenvalue weighted by molar-refractivity contribution is 7.91. The van der Waals surface area contributed by atoms with Crippen LogP contribution in [0.1, 0.15) is 51.2 Å². The van der Waals surface area contributed by atoms with Gasteiger partial charge in [0.2, 0.25) is 0 Å². The number of nitrogens with one attached hydrogen (secondary N) is 1. The van der Waals surface area contributed by atoms with Crippen LogP contribution in [0.5, 0.6) is 0 Å². The summed E-state index contributed by atoms with van der Waals surface area (Å²) in [7, 11) is -2.97. The maximum absolute atomic E-state index is 11.9. The standard InChI is InChI=1S/C25H31N3O4S/c1-4-28(21-11-13-33(31,32)14-12-21)23-10-7-19(25(2,3)16-24(29)30)15-22(23)27-20-8-5-18(17-26)6-9-20/h5-10,15,21,27H,4,11-14,16H2,1-3H3,(H,29,30). The number of carboxylic acids is 1. The van der Waals surface area contributed by atoms with Crippen LogP contribution in [0.3, 0.4) is 0 Å². The Balaban J connectivity index is 2.01. The van der Waals surface area contributed by atoms with Crippen LogP contribution in [0.15, 0.2) is 42.5 Å². The molecule has 0 bridgehead atoms. The van der Waals surface area contributed by atoms with Crippen LogP contribution >= 0.6 is 0 Å². The van der Waals surface area contributed by atoms with Crippen LogP contribution in [-0.4, -0.2) is 43.6 Å². The van der Waals surface area contributed by atoms with Gasteiger partial charge < -0.3 is 15.3 Å². The summed E-state index contributed by atoms with van der Waals surface area (Å²) in [5, 5.41) is 21.9. The zero-order valence-electron chi connectivity index (χ0n) is 19.3. The van der Waals surface area contributed by atoms with Gasteiger partial charge in [-0.1, -0.05) is 19.9 Å². The molecule has 0 spiro atoms. The molecule has 176 valence electrons. The number of rotatable bonds is 8. The third kappa shape index (κ3) is 6.05. The molecule has 33 heavy (non-hydrogen) atoms. The van der Waals surface area contributed by atoms with Gasteiger partial charge in [0.15, 0.2) is 0 Å². The normalized spacial score (nSPS) is 16.1. The van der Waals surface area contributed by atoms with Crippen molar-refractivity contribution in [1.82, 2.24) is 0 Å². The molecule has 8 heteroatoms. The first-order valence-electron chi connectivity index (χ1n) is 11.2. The molecule has 2 aromatic rings. The zero-order chi connectivity index (χ0) is 24.2. The van der Waals surface area contributed by atoms with Crippen molar-refractivity contribution in [2.24, 2.45) is 0 Å². The SMILES string of the molecule is CCN(c1ccc(C(C)(C)CC(=O)O)cc1Nc1ccc(C#N)cc1)C1CCS(=O)(=O)CC1. The number of sulfone groups is 1. The largest absolute Gasteiger partial charge is 0.481 e. The van der Waals surface area contributed by atoms with Crippen LogP contribution in [0.2, 0.25) is 0 Å². The quantitative estimate of drug-likeness (QED) is 0.587. The van der Waals surface area contributed by atoms with Gasteiger partial charge >= 0.3 is 5.97 Å². The van der Waals surface area contributed by atoms with Crippen molar-refractivity contribution < 1.29 is 18.3 Å². The van der Waals surface area contributed by atoms with Gasteiger partial charge in [0.05, 0.1) is 40.9 Å². The molecule has 0 unspecified atom stereocenters. The summed E-state index contributed by atoms with van der Waals surface area (Å²) in [5.41, 5.74) is 3.47. The van der Waals surface area contributed by atoms with E-state index in [0.717, 1.165) is 22.6 Å². The highest BCUT2D eigenvalue weighted by Gasteiger charge is 2.30. The van der Waals surface area contributed by atoms with Gasteiger partial charge in [0.1, 0.15) is 9.84 Å². The fraction of sp³-hybridized carbons (Fsp3) is 0.440. The lowest BCUT2D eigenvalue weighted by Gasteiger charge is -2.37. The maximum atomic E-state index is 11.9. The minimum absolute atomic E-state index is 0.000625. The summed E-state index contributed by atoms with van der Waals surface area (Å²) < 4.78 is 23.9. The number of hydrogen-bond acceptors (Lipinski definition) is 6. The van der Waals surface area contributed by atoms with Crippen molar-refractivity contribution in [3.05, 3.63) is 53.6 Å². The van der Waals surface area contributed by atoms with E-state index in [9.17, 15) is 18.3 Å². The van der Waals surface area contributed by atoms with Crippen LogP contribution < -0.4 is 10.2 Å². The van der Waals surface area contributed by atoms with Crippen molar-refractivity contribution in [2.75, 3.05) is 28.3 Å². The summed E-state index contributed by atoms with van der Waals surface area (Å²) >= 11 is 0. The Morgan fingerprint density at radius 2 is 1.82 bits per heavy atom. The number of anilines is 3. The van der Waals surface area contributed by atoms with Crippen molar-refractivity contribution in [2.45, 2.75) is 51.5 Å². The first-order chi connectivity index (χ1) is 15.5. The molecule has 2 N–H and O–H groups in total. The van der Waals surface area contributed by atoms with Crippen molar-refractivity contribution in [3.8, 4) is 6.07 Å². The van der Waals surface area contributed by atoms with Gasteiger partial charge in [0.25, 0.3) is 0 Å². The van der Waals surface area contributed by atoms with E-state index in [-0.39, 0.29) is 24.0 Å². The Morgan fingerprint density at radius 1 is 1.18 bits per heavy atom. The molecule has 7 nitrogen and oxygen atoms in total. The van der Waals surface area contributed by atoms with Crippen LogP contribution in [-0.2, 0) is 20.0 Å². The Hall–Kier alpha value is -3.05. The number of benzene rings is 2. The van der Waals surface area contributed by atoms with Gasteiger partial charge in [-0.2, -0.15) is 5.26 Å². The zero-order valence-corrected chi connectivity index (χ0v) is 20.2. The number of aliphatic carboxylic acids is 1. The minimum Gasteiger partial charge on any atom is -0.481 e. The third-order valence-electron chi connectivity index (χ3n) is 6.28. The number of nitrogens with zero attached hydrogens (tertiary/aromatic N) is 2. The van der Waals surface area contributed by atoms with E-state index in [2.05, 4.69) is 23.2 Å². The molecule has 0 aliphatic carbocycles. The monoisotopic (exact) mass is 469 g/mol. The molecule has 1 aliphatic rings. The average Bonchev–Trinajstić information content (AvgIpc) is 2.75. The van der Waals surface area contributed by atoms with E-state index < -0.39 is 21.2 Å². The highest BCUT2D eigenvalue weighted by Crippen LogP contribution is 2.37. The van der Waals surface area contributed by atoms with E-state index >= 15 is 0 Å². The number of carbonyl (C=O) groups is 1. The van der Waals surface area contributed by atoms with Crippen molar-refractivity contribution >= 4 is 32.9 Å². The average molecular weight is 470 g/mol. The Bertz CT molecular complexity index is 1140. The van der Waals surface area contributed by atoms with Gasteiger partial charge in [-0.3, -0.25) is 4.79 Å². The lowest BCUT2D eigenvalue weighted by atomic mass is 9.81. The third-order valence-corrected chi connectivity index (χ3v) is 7.99. The second kappa shape index (κ2) is 9.84. The molecule has 0 amide bonds. The van der Waals surface area contributed by atoms with Crippen LogP contribution in [0.25, 0.3) is 0 Å². The van der Waals surface area contributed by atoms with Crippen LogP contribution in [0, 0.1) is 11.3 Å². The van der Waals surface area contributed by atoms with E-state index in [1.54, 1.807) is 12.1 Å². The summed E-state index contributed by atoms with van der Waals surface area (Å²) in [6.45, 7) is 6.58. The van der Waals surface area contributed by atoms with Gasteiger partial charge in [-0.05, 0) is 61.7 Å². The van der Waals surface area contributed by atoms with Crippen molar-refractivity contribution in [1.29, 1.82) is 5.26 Å². The smallest absolute Gasteiger partial charge is 0.304 e. The first kappa shape index (κ1) is 24.6. The second-order valence-corrected chi connectivity index (χ2v) is 11.5. The Labute approximate surface area is 196 Å². The molecule has 2 aromatic carbocycles. The van der Waals surface area contributed by atoms with Gasteiger partial charge in [-0.15, -0.1) is 0 Å². The maximum Gasteiger partial charge on any atom is 0.304 e. The molecule has 1 heterocycles. The number of nitriles is 1. The topological polar surface area (TPSA) is 110 Å². The summed E-state index contributed by atoms with van der Waals surface area (Å²) in [5.74, 6) is -0.476. The Morgan fingerprint density at radius 3 is 2.36 bits per heavy atom. The number of hydrogen-bond donors (Lipinski definition) is 2. The van der Waals surface area contributed by atoms with E-state index in [0.29, 0.717) is 24.9 Å². The van der Waals surface area contributed by atoms with Gasteiger partial charge in [0, 0.05) is 23.7 Å². The summed E-state index contributed by atoms with van der Waals surface area (Å²) in [6, 6.07) is 15.3. The second-order valence-electron chi connectivity index (χ2n) is 9.17. The van der Waals surface area contributed by atoms with Crippen LogP contribution in [0.4, 0.5) is 17.1 Å². The highest BCUT2D eigenvalue weighted by atomic mass is 32.2. The minimum atomic E-state index is -2.97. The molecule has 0 aromatic heterocycles. The van der Waals surface area contributed by atoms with E-state index in [1.807, 2.05) is 44.2 Å². The molecule has 0 atom stereocenters. The molecule has 0 saturated carbocycles. The molecule has 1 saturated heterocycles. The molecule has 0 radical (unpaired) electrons. The summed E-state index contributed by atoms with van der Waals surface area (Å²) in [4.78, 5) is 13.6. The lowest BCUT2D eigenvalue weighted by molar-refractivity contribution is -0.138. The van der Waals surface area contributed by atoms with Crippen molar-refractivity contribution in [3.63, 3.8) is 0 Å². The molecule has 1 fully saturated rings. The lowest BCUT2D eigenvalue weighted by Crippen LogP contribution is -2.41. The van der Waals surface area contributed by atoms with E-state index in [4.69, 9.17) is 5.26 Å². The molecule has 3 rings (SSSR count). The Kier molecular flexibility index (Phi) is 7.33. The summed E-state index contributed by atoms with van der Waals surface area (Å²) in [6.07, 6.45) is 1.16. The predicted octanol–water partition coefficient (Wildman–Crippen LogP) is 4.46. The fourth-order valence-electron chi connectivity index (χ4n) is 4.39. The van der Waals surface area contributed by atoms with E-state index in [1.165, 1.54) is 0 Å².